The molecule has 114 valence electrons. The summed E-state index contributed by atoms with van der Waals surface area (Å²) in [5.41, 5.74) is 4.04. The van der Waals surface area contributed by atoms with E-state index >= 15 is 0 Å². The van der Waals surface area contributed by atoms with Crippen LogP contribution in [0.25, 0.3) is 0 Å². The summed E-state index contributed by atoms with van der Waals surface area (Å²) in [6.45, 7) is 6.09. The monoisotopic (exact) mass is 295 g/mol. The van der Waals surface area contributed by atoms with Crippen molar-refractivity contribution in [3.8, 4) is 0 Å². The maximum Gasteiger partial charge on any atom is 0.270 e. The van der Waals surface area contributed by atoms with Crippen molar-refractivity contribution in [1.82, 2.24) is 10.3 Å². The van der Waals surface area contributed by atoms with Crippen molar-refractivity contribution in [2.45, 2.75) is 39.3 Å². The number of aromatic nitrogens is 1. The number of fused-ring (bicyclic) bond motifs is 1. The summed E-state index contributed by atoms with van der Waals surface area (Å²) in [5, 5.41) is 2.89. The zero-order valence-corrected chi connectivity index (χ0v) is 13.2. The minimum Gasteiger partial charge on any atom is -0.349 e. The zero-order chi connectivity index (χ0) is 15.7. The Labute approximate surface area is 131 Å². The molecule has 1 amide bonds. The molecule has 1 aliphatic rings. The summed E-state index contributed by atoms with van der Waals surface area (Å²) in [6.07, 6.45) is 2.73. The highest BCUT2D eigenvalue weighted by Gasteiger charge is 2.27. The standard InChI is InChI=1S/C18H21N3O/c1-12(2)20-18(22)16-11-15(8-9-19-16)21-13(3)10-14-6-4-5-7-17(14)21/h4-9,11-13H,10H2,1-3H3,(H,20,22). The van der Waals surface area contributed by atoms with Crippen LogP contribution in [0.5, 0.6) is 0 Å². The molecule has 1 unspecified atom stereocenters. The lowest BCUT2D eigenvalue weighted by Gasteiger charge is -2.25. The molecule has 2 heterocycles. The third-order valence-electron chi connectivity index (χ3n) is 3.88. The van der Waals surface area contributed by atoms with Crippen molar-refractivity contribution in [3.05, 3.63) is 53.9 Å². The molecule has 0 aliphatic carbocycles. The van der Waals surface area contributed by atoms with Crippen molar-refractivity contribution in [2.75, 3.05) is 4.90 Å². The van der Waals surface area contributed by atoms with Crippen LogP contribution < -0.4 is 10.2 Å². The molecule has 1 aromatic heterocycles. The summed E-state index contributed by atoms with van der Waals surface area (Å²) in [7, 11) is 0. The predicted octanol–water partition coefficient (Wildman–Crippen LogP) is 3.30. The summed E-state index contributed by atoms with van der Waals surface area (Å²) < 4.78 is 0. The van der Waals surface area contributed by atoms with Crippen LogP contribution in [0.3, 0.4) is 0 Å². The molecule has 22 heavy (non-hydrogen) atoms. The van der Waals surface area contributed by atoms with Crippen molar-refractivity contribution in [3.63, 3.8) is 0 Å². The van der Waals surface area contributed by atoms with Crippen LogP contribution in [-0.4, -0.2) is 23.0 Å². The molecule has 1 aromatic carbocycles. The van der Waals surface area contributed by atoms with Gasteiger partial charge in [-0.25, -0.2) is 0 Å². The molecule has 3 rings (SSSR count). The molecule has 2 aromatic rings. The number of carbonyl (C=O) groups excluding carboxylic acids is 1. The molecular weight excluding hydrogens is 274 g/mol. The second-order valence-corrected chi connectivity index (χ2v) is 6.08. The second kappa shape index (κ2) is 5.79. The molecule has 1 aliphatic heterocycles. The van der Waals surface area contributed by atoms with E-state index in [9.17, 15) is 4.79 Å². The van der Waals surface area contributed by atoms with E-state index in [1.54, 1.807) is 6.20 Å². The Balaban J connectivity index is 1.94. The Morgan fingerprint density at radius 3 is 2.86 bits per heavy atom. The minimum absolute atomic E-state index is 0.101. The maximum absolute atomic E-state index is 12.2. The number of rotatable bonds is 3. The first kappa shape index (κ1) is 14.6. The lowest BCUT2D eigenvalue weighted by atomic mass is 10.1. The van der Waals surface area contributed by atoms with E-state index in [1.165, 1.54) is 11.3 Å². The first-order valence-corrected chi connectivity index (χ1v) is 7.70. The Morgan fingerprint density at radius 1 is 1.32 bits per heavy atom. The Bertz CT molecular complexity index is 696. The molecule has 4 nitrogen and oxygen atoms in total. The molecule has 0 fully saturated rings. The Hall–Kier alpha value is -2.36. The number of benzene rings is 1. The minimum atomic E-state index is -0.128. The molecule has 0 spiro atoms. The number of nitrogens with zero attached hydrogens (tertiary/aromatic N) is 2. The number of amides is 1. The molecule has 1 atom stereocenters. The SMILES string of the molecule is CC(C)NC(=O)c1cc(N2c3ccccc3CC2C)ccn1. The summed E-state index contributed by atoms with van der Waals surface area (Å²) in [6, 6.07) is 12.7. The smallest absolute Gasteiger partial charge is 0.270 e. The molecule has 0 saturated heterocycles. The van der Waals surface area contributed by atoms with Crippen molar-refractivity contribution in [1.29, 1.82) is 0 Å². The lowest BCUT2D eigenvalue weighted by Crippen LogP contribution is -2.31. The maximum atomic E-state index is 12.2. The van der Waals surface area contributed by atoms with Crippen LogP contribution in [0, 0.1) is 0 Å². The number of pyridine rings is 1. The topological polar surface area (TPSA) is 45.2 Å². The van der Waals surface area contributed by atoms with Gasteiger partial charge < -0.3 is 10.2 Å². The van der Waals surface area contributed by atoms with Gasteiger partial charge >= 0.3 is 0 Å². The largest absolute Gasteiger partial charge is 0.349 e. The van der Waals surface area contributed by atoms with E-state index in [0.717, 1.165) is 12.1 Å². The number of anilines is 2. The molecule has 0 saturated carbocycles. The van der Waals surface area contributed by atoms with E-state index in [4.69, 9.17) is 0 Å². The van der Waals surface area contributed by atoms with Gasteiger partial charge in [0.1, 0.15) is 5.69 Å². The quantitative estimate of drug-likeness (QED) is 0.945. The van der Waals surface area contributed by atoms with Gasteiger partial charge in [-0.1, -0.05) is 18.2 Å². The van der Waals surface area contributed by atoms with Crippen LogP contribution in [0.2, 0.25) is 0 Å². The van der Waals surface area contributed by atoms with Crippen LogP contribution in [-0.2, 0) is 6.42 Å². The Kier molecular flexibility index (Phi) is 3.84. The molecule has 0 bridgehead atoms. The van der Waals surface area contributed by atoms with Gasteiger partial charge in [-0.05, 0) is 51.0 Å². The first-order chi connectivity index (χ1) is 10.6. The fraction of sp³-hybridized carbons (Fsp3) is 0.333. The number of hydrogen-bond acceptors (Lipinski definition) is 3. The predicted molar refractivity (Wildman–Crippen MR) is 88.6 cm³/mol. The summed E-state index contributed by atoms with van der Waals surface area (Å²) >= 11 is 0. The third kappa shape index (κ3) is 2.69. The van der Waals surface area contributed by atoms with Gasteiger partial charge in [0.05, 0.1) is 0 Å². The van der Waals surface area contributed by atoms with Crippen LogP contribution in [0.15, 0.2) is 42.6 Å². The molecule has 0 radical (unpaired) electrons. The fourth-order valence-corrected chi connectivity index (χ4v) is 2.99. The van der Waals surface area contributed by atoms with E-state index in [0.29, 0.717) is 11.7 Å². The number of carbonyl (C=O) groups is 1. The van der Waals surface area contributed by atoms with Crippen LogP contribution in [0.1, 0.15) is 36.8 Å². The number of hydrogen-bond donors (Lipinski definition) is 1. The van der Waals surface area contributed by atoms with Gasteiger partial charge in [-0.3, -0.25) is 9.78 Å². The second-order valence-electron chi connectivity index (χ2n) is 6.08. The zero-order valence-electron chi connectivity index (χ0n) is 13.2. The normalized spacial score (nSPS) is 16.7. The molecule has 4 heteroatoms. The van der Waals surface area contributed by atoms with E-state index in [2.05, 4.69) is 46.4 Å². The number of nitrogens with one attached hydrogen (secondary N) is 1. The number of para-hydroxylation sites is 1. The van der Waals surface area contributed by atoms with E-state index in [1.807, 2.05) is 26.0 Å². The average molecular weight is 295 g/mol. The summed E-state index contributed by atoms with van der Waals surface area (Å²) in [4.78, 5) is 18.6. The van der Waals surface area contributed by atoms with Crippen LogP contribution in [0.4, 0.5) is 11.4 Å². The van der Waals surface area contributed by atoms with Gasteiger partial charge in [0.2, 0.25) is 0 Å². The van der Waals surface area contributed by atoms with Gasteiger partial charge in [0, 0.05) is 29.7 Å². The highest BCUT2D eigenvalue weighted by Crippen LogP contribution is 2.37. The van der Waals surface area contributed by atoms with Gasteiger partial charge in [0.25, 0.3) is 5.91 Å². The average Bonchev–Trinajstić information content (AvgIpc) is 2.82. The third-order valence-corrected chi connectivity index (χ3v) is 3.88. The lowest BCUT2D eigenvalue weighted by molar-refractivity contribution is 0.0938. The van der Waals surface area contributed by atoms with E-state index < -0.39 is 0 Å². The Morgan fingerprint density at radius 2 is 2.09 bits per heavy atom. The molecule has 1 N–H and O–H groups in total. The summed E-state index contributed by atoms with van der Waals surface area (Å²) in [5.74, 6) is -0.128. The van der Waals surface area contributed by atoms with Crippen molar-refractivity contribution < 1.29 is 4.79 Å². The van der Waals surface area contributed by atoms with Crippen LogP contribution >= 0.6 is 0 Å². The van der Waals surface area contributed by atoms with Gasteiger partial charge in [-0.15, -0.1) is 0 Å². The molecular formula is C18H21N3O. The fourth-order valence-electron chi connectivity index (χ4n) is 2.99. The van der Waals surface area contributed by atoms with Crippen molar-refractivity contribution >= 4 is 17.3 Å². The highest BCUT2D eigenvalue weighted by atomic mass is 16.1. The van der Waals surface area contributed by atoms with Gasteiger partial charge in [0.15, 0.2) is 0 Å². The van der Waals surface area contributed by atoms with Crippen molar-refractivity contribution in [2.24, 2.45) is 0 Å². The van der Waals surface area contributed by atoms with E-state index in [-0.39, 0.29) is 11.9 Å². The first-order valence-electron chi connectivity index (χ1n) is 7.70. The van der Waals surface area contributed by atoms with Gasteiger partial charge in [-0.2, -0.15) is 0 Å². The highest BCUT2D eigenvalue weighted by molar-refractivity contribution is 5.93.